The van der Waals surface area contributed by atoms with Crippen molar-refractivity contribution in [3.8, 4) is 22.5 Å². The van der Waals surface area contributed by atoms with E-state index in [9.17, 15) is 0 Å². The molecular formula is C21H23N9. The molecule has 2 aliphatic heterocycles. The van der Waals surface area contributed by atoms with Crippen molar-refractivity contribution in [2.75, 3.05) is 11.9 Å². The number of rotatable bonds is 4. The van der Waals surface area contributed by atoms with E-state index in [2.05, 4.69) is 52.8 Å². The highest BCUT2D eigenvalue weighted by molar-refractivity contribution is 6.01. The molecule has 0 spiro atoms. The molecule has 9 nitrogen and oxygen atoms in total. The smallest absolute Gasteiger partial charge is 0.184 e. The highest BCUT2D eigenvalue weighted by atomic mass is 15.3. The molecule has 2 aliphatic rings. The largest absolute Gasteiger partial charge is 0.354 e. The lowest BCUT2D eigenvalue weighted by atomic mass is 9.99. The molecule has 1 aromatic carbocycles. The lowest BCUT2D eigenvalue weighted by Gasteiger charge is -2.35. The Morgan fingerprint density at radius 3 is 2.53 bits per heavy atom. The van der Waals surface area contributed by atoms with Gasteiger partial charge in [0, 0.05) is 47.9 Å². The van der Waals surface area contributed by atoms with Crippen LogP contribution in [0.2, 0.25) is 0 Å². The fourth-order valence-corrected chi connectivity index (χ4v) is 4.96. The fourth-order valence-electron chi connectivity index (χ4n) is 4.96. The van der Waals surface area contributed by atoms with Gasteiger partial charge < -0.3 is 10.2 Å². The number of hydrogen-bond donors (Lipinski definition) is 3. The summed E-state index contributed by atoms with van der Waals surface area (Å²) in [5, 5.41) is 27.9. The van der Waals surface area contributed by atoms with Crippen molar-refractivity contribution in [2.24, 2.45) is 0 Å². The van der Waals surface area contributed by atoms with Crippen molar-refractivity contribution in [3.63, 3.8) is 0 Å². The minimum absolute atomic E-state index is 0.485. The van der Waals surface area contributed by atoms with E-state index in [0.717, 1.165) is 46.3 Å². The molecule has 5 heterocycles. The van der Waals surface area contributed by atoms with Gasteiger partial charge in [-0.15, -0.1) is 10.2 Å². The van der Waals surface area contributed by atoms with Crippen molar-refractivity contribution in [2.45, 2.75) is 43.8 Å². The molecule has 2 saturated heterocycles. The van der Waals surface area contributed by atoms with Crippen LogP contribution >= 0.6 is 0 Å². The van der Waals surface area contributed by atoms with Crippen LogP contribution in [0.5, 0.6) is 0 Å². The first-order valence-electron chi connectivity index (χ1n) is 10.4. The van der Waals surface area contributed by atoms with E-state index in [4.69, 9.17) is 0 Å². The Labute approximate surface area is 173 Å². The van der Waals surface area contributed by atoms with Gasteiger partial charge in [-0.3, -0.25) is 10.2 Å². The zero-order chi connectivity index (χ0) is 20.1. The number of fused-ring (bicyclic) bond motifs is 3. The van der Waals surface area contributed by atoms with Crippen molar-refractivity contribution >= 4 is 16.7 Å². The Balaban J connectivity index is 1.30. The van der Waals surface area contributed by atoms with Crippen molar-refractivity contribution < 1.29 is 0 Å². The first-order valence-corrected chi connectivity index (χ1v) is 10.4. The Kier molecular flexibility index (Phi) is 4.02. The summed E-state index contributed by atoms with van der Waals surface area (Å²) < 4.78 is 0. The van der Waals surface area contributed by atoms with Gasteiger partial charge in [-0.2, -0.15) is 10.2 Å². The number of nitrogens with one attached hydrogen (secondary N) is 3. The monoisotopic (exact) mass is 401 g/mol. The van der Waals surface area contributed by atoms with E-state index >= 15 is 0 Å². The van der Waals surface area contributed by atoms with Gasteiger partial charge in [0.2, 0.25) is 0 Å². The van der Waals surface area contributed by atoms with Crippen molar-refractivity contribution in [1.82, 2.24) is 40.9 Å². The molecule has 3 N–H and O–H groups in total. The van der Waals surface area contributed by atoms with Gasteiger partial charge in [-0.1, -0.05) is 6.07 Å². The zero-order valence-corrected chi connectivity index (χ0v) is 16.7. The summed E-state index contributed by atoms with van der Waals surface area (Å²) in [5.41, 5.74) is 3.85. The summed E-state index contributed by atoms with van der Waals surface area (Å²) in [6.45, 7) is 0. The molecule has 0 aliphatic carbocycles. The van der Waals surface area contributed by atoms with Crippen LogP contribution in [0.25, 0.3) is 33.4 Å². The third-order valence-corrected chi connectivity index (χ3v) is 6.57. The Hall–Kier alpha value is -3.33. The van der Waals surface area contributed by atoms with Crippen LogP contribution in [0, 0.1) is 0 Å². The standard InChI is InChI=1S/C21H23N9/c1-30(15-6-13-2-3-14(7-15)26-13)19-11-22-21(29-27-19)17-5-4-16(12-8-23-24-9-12)18-10-25-28-20(17)18/h4-5,8-11,13-15,26H,2-3,6-7H2,1H3,(H,23,24)(H,25,28)/t13-,14+,15?. The van der Waals surface area contributed by atoms with Crippen LogP contribution in [-0.4, -0.2) is 60.7 Å². The molecule has 0 amide bonds. The number of hydrogen-bond acceptors (Lipinski definition) is 7. The zero-order valence-electron chi connectivity index (χ0n) is 16.7. The maximum atomic E-state index is 4.64. The van der Waals surface area contributed by atoms with E-state index < -0.39 is 0 Å². The molecule has 0 radical (unpaired) electrons. The molecule has 6 rings (SSSR count). The molecule has 9 heteroatoms. The SMILES string of the molecule is CN(c1cnc(-c2ccc(-c3cn[nH]c3)c3cn[nH]c23)nn1)C1C[C@H]2CC[C@@H](C1)N2. The second-order valence-corrected chi connectivity index (χ2v) is 8.32. The molecule has 4 aromatic rings. The second-order valence-electron chi connectivity index (χ2n) is 8.32. The number of aromatic amines is 2. The summed E-state index contributed by atoms with van der Waals surface area (Å²) >= 11 is 0. The van der Waals surface area contributed by atoms with Crippen LogP contribution in [0.15, 0.2) is 36.9 Å². The molecule has 152 valence electrons. The average Bonchev–Trinajstić information content (AvgIpc) is 3.54. The number of H-pyrrole nitrogens is 2. The first-order chi connectivity index (χ1) is 14.8. The first kappa shape index (κ1) is 17.5. The van der Waals surface area contributed by atoms with Crippen LogP contribution in [-0.2, 0) is 0 Å². The van der Waals surface area contributed by atoms with Gasteiger partial charge in [-0.05, 0) is 37.3 Å². The summed E-state index contributed by atoms with van der Waals surface area (Å²) in [5.74, 6) is 1.41. The highest BCUT2D eigenvalue weighted by Gasteiger charge is 2.35. The third kappa shape index (κ3) is 2.85. The van der Waals surface area contributed by atoms with Crippen LogP contribution in [0.4, 0.5) is 5.82 Å². The summed E-state index contributed by atoms with van der Waals surface area (Å²) in [6, 6.07) is 5.82. The van der Waals surface area contributed by atoms with E-state index in [-0.39, 0.29) is 0 Å². The van der Waals surface area contributed by atoms with E-state index in [1.165, 1.54) is 12.8 Å². The van der Waals surface area contributed by atoms with Crippen LogP contribution in [0.1, 0.15) is 25.7 Å². The lowest BCUT2D eigenvalue weighted by Crippen LogP contribution is -2.47. The second kappa shape index (κ2) is 6.88. The maximum Gasteiger partial charge on any atom is 0.184 e. The van der Waals surface area contributed by atoms with Gasteiger partial charge in [0.25, 0.3) is 0 Å². The molecule has 30 heavy (non-hydrogen) atoms. The van der Waals surface area contributed by atoms with Crippen LogP contribution < -0.4 is 10.2 Å². The van der Waals surface area contributed by atoms with Gasteiger partial charge in [-0.25, -0.2) is 4.98 Å². The number of anilines is 1. The summed E-state index contributed by atoms with van der Waals surface area (Å²) in [6.07, 6.45) is 12.2. The Morgan fingerprint density at radius 1 is 0.967 bits per heavy atom. The number of aromatic nitrogens is 7. The molecule has 2 bridgehead atoms. The minimum atomic E-state index is 0.485. The summed E-state index contributed by atoms with van der Waals surface area (Å²) in [7, 11) is 2.10. The molecular weight excluding hydrogens is 378 g/mol. The van der Waals surface area contributed by atoms with E-state index in [1.54, 1.807) is 6.20 Å². The predicted octanol–water partition coefficient (Wildman–Crippen LogP) is 2.52. The molecule has 1 unspecified atom stereocenters. The Bertz CT molecular complexity index is 1150. The van der Waals surface area contributed by atoms with Gasteiger partial charge in [0.1, 0.15) is 0 Å². The van der Waals surface area contributed by atoms with Gasteiger partial charge in [0.05, 0.1) is 24.1 Å². The predicted molar refractivity (Wildman–Crippen MR) is 114 cm³/mol. The molecule has 3 aromatic heterocycles. The lowest BCUT2D eigenvalue weighted by molar-refractivity contribution is 0.353. The van der Waals surface area contributed by atoms with Crippen molar-refractivity contribution in [1.29, 1.82) is 0 Å². The number of piperidine rings is 1. The summed E-state index contributed by atoms with van der Waals surface area (Å²) in [4.78, 5) is 6.88. The Morgan fingerprint density at radius 2 is 1.80 bits per heavy atom. The van der Waals surface area contributed by atoms with Crippen LogP contribution in [0.3, 0.4) is 0 Å². The van der Waals surface area contributed by atoms with Crippen molar-refractivity contribution in [3.05, 3.63) is 36.9 Å². The van der Waals surface area contributed by atoms with E-state index in [1.807, 2.05) is 30.7 Å². The third-order valence-electron chi connectivity index (χ3n) is 6.57. The highest BCUT2D eigenvalue weighted by Crippen LogP contribution is 2.33. The quantitative estimate of drug-likeness (QED) is 0.482. The van der Waals surface area contributed by atoms with Gasteiger partial charge >= 0.3 is 0 Å². The average molecular weight is 401 g/mol. The topological polar surface area (TPSA) is 111 Å². The number of nitrogens with zero attached hydrogens (tertiary/aromatic N) is 6. The van der Waals surface area contributed by atoms with E-state index in [0.29, 0.717) is 23.9 Å². The molecule has 3 atom stereocenters. The normalized spacial score (nSPS) is 23.2. The molecule has 0 saturated carbocycles. The maximum absolute atomic E-state index is 4.64. The number of benzene rings is 1. The minimum Gasteiger partial charge on any atom is -0.354 e. The fraction of sp³-hybridized carbons (Fsp3) is 0.381. The molecule has 2 fully saturated rings. The van der Waals surface area contributed by atoms with Gasteiger partial charge in [0.15, 0.2) is 11.6 Å².